The van der Waals surface area contributed by atoms with Crippen molar-refractivity contribution in [1.82, 2.24) is 4.90 Å². The van der Waals surface area contributed by atoms with Crippen LogP contribution in [0.4, 0.5) is 0 Å². The fourth-order valence-corrected chi connectivity index (χ4v) is 1.07. The molecule has 0 aromatic carbocycles. The van der Waals surface area contributed by atoms with Crippen LogP contribution in [0.15, 0.2) is 0 Å². The summed E-state index contributed by atoms with van der Waals surface area (Å²) in [6, 6.07) is 0.0740. The Bertz CT molecular complexity index is 136. The number of ether oxygens (including phenoxy) is 1. The molecule has 58 valence electrons. The van der Waals surface area contributed by atoms with Crippen molar-refractivity contribution in [2.45, 2.75) is 19.4 Å². The predicted octanol–water partition coefficient (Wildman–Crippen LogP) is 0.254. The Kier molecular flexibility index (Phi) is 2.27. The van der Waals surface area contributed by atoms with Crippen molar-refractivity contribution in [1.29, 1.82) is 0 Å². The fraction of sp³-hybridized carbons (Fsp3) is 0.857. The van der Waals surface area contributed by atoms with E-state index in [9.17, 15) is 4.79 Å². The lowest BCUT2D eigenvalue weighted by atomic mass is 10.4. The highest BCUT2D eigenvalue weighted by Crippen LogP contribution is 2.17. The summed E-state index contributed by atoms with van der Waals surface area (Å²) in [6.45, 7) is 4.01. The molecule has 1 heterocycles. The monoisotopic (exact) mass is 143 g/mol. The summed E-state index contributed by atoms with van der Waals surface area (Å²) >= 11 is 0. The largest absolute Gasteiger partial charge is 0.468 e. The molecule has 10 heavy (non-hydrogen) atoms. The molecule has 3 heteroatoms. The molecule has 0 aromatic rings. The second kappa shape index (κ2) is 3.01. The van der Waals surface area contributed by atoms with Gasteiger partial charge in [-0.3, -0.25) is 9.69 Å². The third-order valence-corrected chi connectivity index (χ3v) is 1.70. The lowest BCUT2D eigenvalue weighted by Crippen LogP contribution is -2.14. The molecule has 0 aromatic heterocycles. The standard InChI is InChI=1S/C7H13NO2/c1-3-4-8-5-6(8)7(9)10-2/h6H,3-5H2,1-2H3. The number of nitrogens with zero attached hydrogens (tertiary/aromatic N) is 1. The quantitative estimate of drug-likeness (QED) is 0.419. The van der Waals surface area contributed by atoms with Crippen LogP contribution in [-0.4, -0.2) is 37.1 Å². The highest BCUT2D eigenvalue weighted by molar-refractivity contribution is 5.78. The molecule has 2 atom stereocenters. The average Bonchev–Trinajstić information content (AvgIpc) is 2.67. The Morgan fingerprint density at radius 2 is 2.50 bits per heavy atom. The summed E-state index contributed by atoms with van der Waals surface area (Å²) in [4.78, 5) is 12.9. The Hall–Kier alpha value is -0.570. The number of hydrogen-bond acceptors (Lipinski definition) is 3. The molecule has 1 fully saturated rings. The second-order valence-electron chi connectivity index (χ2n) is 2.53. The molecular weight excluding hydrogens is 130 g/mol. The minimum absolute atomic E-state index is 0.0740. The van der Waals surface area contributed by atoms with Gasteiger partial charge in [-0.25, -0.2) is 0 Å². The maximum Gasteiger partial charge on any atom is 0.324 e. The first-order valence-electron chi connectivity index (χ1n) is 3.61. The van der Waals surface area contributed by atoms with Crippen LogP contribution in [0.25, 0.3) is 0 Å². The van der Waals surface area contributed by atoms with Crippen molar-refractivity contribution in [3.8, 4) is 0 Å². The van der Waals surface area contributed by atoms with Gasteiger partial charge in [0.05, 0.1) is 7.11 Å². The maximum atomic E-state index is 10.8. The Morgan fingerprint density at radius 1 is 1.80 bits per heavy atom. The number of hydrogen-bond donors (Lipinski definition) is 0. The van der Waals surface area contributed by atoms with Crippen LogP contribution < -0.4 is 0 Å². The van der Waals surface area contributed by atoms with E-state index >= 15 is 0 Å². The molecular formula is C7H13NO2. The van der Waals surface area contributed by atoms with Gasteiger partial charge in [-0.05, 0) is 13.0 Å². The first kappa shape index (κ1) is 7.54. The topological polar surface area (TPSA) is 29.3 Å². The molecule has 0 aliphatic carbocycles. The molecule has 1 aliphatic heterocycles. The number of carbonyl (C=O) groups is 1. The van der Waals surface area contributed by atoms with E-state index in [0.717, 1.165) is 19.5 Å². The first-order chi connectivity index (χ1) is 4.79. The minimum Gasteiger partial charge on any atom is -0.468 e. The van der Waals surface area contributed by atoms with Gasteiger partial charge in [0.15, 0.2) is 0 Å². The van der Waals surface area contributed by atoms with E-state index in [-0.39, 0.29) is 12.0 Å². The molecule has 0 saturated carbocycles. The number of methoxy groups -OCH3 is 1. The van der Waals surface area contributed by atoms with Crippen molar-refractivity contribution in [2.75, 3.05) is 20.2 Å². The molecule has 0 bridgehead atoms. The van der Waals surface area contributed by atoms with Crippen LogP contribution in [0.3, 0.4) is 0 Å². The molecule has 0 N–H and O–H groups in total. The summed E-state index contributed by atoms with van der Waals surface area (Å²) in [6.07, 6.45) is 1.10. The highest BCUT2D eigenvalue weighted by Gasteiger charge is 2.40. The van der Waals surface area contributed by atoms with Gasteiger partial charge in [0.2, 0.25) is 0 Å². The van der Waals surface area contributed by atoms with Gasteiger partial charge in [-0.1, -0.05) is 6.92 Å². The SMILES string of the molecule is CCCN1CC1C(=O)OC. The van der Waals surface area contributed by atoms with E-state index < -0.39 is 0 Å². The molecule has 1 saturated heterocycles. The summed E-state index contributed by atoms with van der Waals surface area (Å²) in [5.74, 6) is -0.0894. The molecule has 1 rings (SSSR count). The van der Waals surface area contributed by atoms with Crippen LogP contribution in [0.1, 0.15) is 13.3 Å². The fourth-order valence-electron chi connectivity index (χ4n) is 1.07. The molecule has 1 aliphatic rings. The van der Waals surface area contributed by atoms with Gasteiger partial charge in [0, 0.05) is 6.54 Å². The van der Waals surface area contributed by atoms with Gasteiger partial charge in [-0.2, -0.15) is 0 Å². The zero-order valence-electron chi connectivity index (χ0n) is 6.46. The van der Waals surface area contributed by atoms with Crippen LogP contribution >= 0.6 is 0 Å². The predicted molar refractivity (Wildman–Crippen MR) is 37.7 cm³/mol. The van der Waals surface area contributed by atoms with Crippen molar-refractivity contribution >= 4 is 5.97 Å². The van der Waals surface area contributed by atoms with E-state index in [4.69, 9.17) is 0 Å². The average molecular weight is 143 g/mol. The third kappa shape index (κ3) is 1.48. The van der Waals surface area contributed by atoms with Crippen molar-refractivity contribution < 1.29 is 9.53 Å². The third-order valence-electron chi connectivity index (χ3n) is 1.70. The Labute approximate surface area is 61.0 Å². The van der Waals surface area contributed by atoms with E-state index in [0.29, 0.717) is 0 Å². The van der Waals surface area contributed by atoms with Crippen LogP contribution in [0.5, 0.6) is 0 Å². The zero-order valence-corrected chi connectivity index (χ0v) is 6.46. The van der Waals surface area contributed by atoms with Crippen LogP contribution in [0, 0.1) is 0 Å². The summed E-state index contributed by atoms with van der Waals surface area (Å²) in [5.41, 5.74) is 0. The highest BCUT2D eigenvalue weighted by atomic mass is 16.5. The smallest absolute Gasteiger partial charge is 0.324 e. The molecule has 0 amide bonds. The number of rotatable bonds is 3. The van der Waals surface area contributed by atoms with E-state index in [1.54, 1.807) is 0 Å². The maximum absolute atomic E-state index is 10.8. The van der Waals surface area contributed by atoms with Gasteiger partial charge in [-0.15, -0.1) is 0 Å². The number of carbonyl (C=O) groups excluding carboxylic acids is 1. The lowest BCUT2D eigenvalue weighted by molar-refractivity contribution is -0.140. The Morgan fingerprint density at radius 3 is 3.00 bits per heavy atom. The van der Waals surface area contributed by atoms with E-state index in [1.165, 1.54) is 7.11 Å². The molecule has 2 unspecified atom stereocenters. The second-order valence-corrected chi connectivity index (χ2v) is 2.53. The Balaban J connectivity index is 2.18. The molecule has 3 nitrogen and oxygen atoms in total. The zero-order chi connectivity index (χ0) is 7.56. The molecule has 0 radical (unpaired) electrons. The summed E-state index contributed by atoms with van der Waals surface area (Å²) < 4.78 is 4.57. The van der Waals surface area contributed by atoms with E-state index in [2.05, 4.69) is 16.6 Å². The minimum atomic E-state index is -0.0894. The van der Waals surface area contributed by atoms with Gasteiger partial charge in [0.25, 0.3) is 0 Å². The van der Waals surface area contributed by atoms with Crippen molar-refractivity contribution in [2.24, 2.45) is 0 Å². The van der Waals surface area contributed by atoms with Gasteiger partial charge < -0.3 is 4.74 Å². The van der Waals surface area contributed by atoms with Crippen molar-refractivity contribution in [3.63, 3.8) is 0 Å². The molecule has 0 spiro atoms. The van der Waals surface area contributed by atoms with Crippen LogP contribution in [0.2, 0.25) is 0 Å². The lowest BCUT2D eigenvalue weighted by Gasteiger charge is -1.97. The summed E-state index contributed by atoms with van der Waals surface area (Å²) in [7, 11) is 1.44. The van der Waals surface area contributed by atoms with E-state index in [1.807, 2.05) is 0 Å². The van der Waals surface area contributed by atoms with Gasteiger partial charge in [0.1, 0.15) is 6.04 Å². The normalized spacial score (nSPS) is 29.8. The summed E-state index contributed by atoms with van der Waals surface area (Å²) in [5, 5.41) is 0. The first-order valence-corrected chi connectivity index (χ1v) is 3.61. The number of esters is 1. The van der Waals surface area contributed by atoms with Crippen molar-refractivity contribution in [3.05, 3.63) is 0 Å². The van der Waals surface area contributed by atoms with Crippen LogP contribution in [-0.2, 0) is 9.53 Å². The van der Waals surface area contributed by atoms with Gasteiger partial charge >= 0.3 is 5.97 Å².